The van der Waals surface area contributed by atoms with Crippen LogP contribution in [-0.4, -0.2) is 34.7 Å². The Morgan fingerprint density at radius 2 is 2.19 bits per heavy atom. The molecule has 2 aromatic rings. The Bertz CT molecular complexity index is 753. The van der Waals surface area contributed by atoms with Gasteiger partial charge in [0.2, 0.25) is 0 Å². The SMILES string of the molecule is CC(C)CC(=O)[C@H]1CCCN(C(=O)c2ccc(NCc3ccoc3)nc2)C1. The van der Waals surface area contributed by atoms with Gasteiger partial charge in [0.15, 0.2) is 0 Å². The van der Waals surface area contributed by atoms with Crippen LogP contribution >= 0.6 is 0 Å². The summed E-state index contributed by atoms with van der Waals surface area (Å²) in [6, 6.07) is 5.48. The van der Waals surface area contributed by atoms with E-state index in [9.17, 15) is 9.59 Å². The number of hydrogen-bond acceptors (Lipinski definition) is 5. The van der Waals surface area contributed by atoms with Crippen molar-refractivity contribution in [1.29, 1.82) is 0 Å². The van der Waals surface area contributed by atoms with E-state index in [1.807, 2.05) is 6.07 Å². The Balaban J connectivity index is 1.57. The lowest BCUT2D eigenvalue weighted by molar-refractivity contribution is -0.124. The van der Waals surface area contributed by atoms with Crippen molar-refractivity contribution in [2.45, 2.75) is 39.7 Å². The minimum atomic E-state index is -0.0501. The highest BCUT2D eigenvalue weighted by Gasteiger charge is 2.29. The lowest BCUT2D eigenvalue weighted by atomic mass is 9.89. The van der Waals surface area contributed by atoms with Crippen LogP contribution < -0.4 is 5.32 Å². The number of anilines is 1. The summed E-state index contributed by atoms with van der Waals surface area (Å²) >= 11 is 0. The molecular weight excluding hydrogens is 342 g/mol. The van der Waals surface area contributed by atoms with Crippen molar-refractivity contribution in [3.63, 3.8) is 0 Å². The van der Waals surface area contributed by atoms with E-state index in [-0.39, 0.29) is 17.6 Å². The molecule has 0 spiro atoms. The number of pyridine rings is 1. The smallest absolute Gasteiger partial charge is 0.255 e. The fourth-order valence-electron chi connectivity index (χ4n) is 3.39. The van der Waals surface area contributed by atoms with Gasteiger partial charge in [0.05, 0.1) is 18.1 Å². The van der Waals surface area contributed by atoms with Crippen LogP contribution in [0.2, 0.25) is 0 Å². The maximum atomic E-state index is 12.8. The third-order valence-electron chi connectivity index (χ3n) is 4.84. The molecule has 1 amide bonds. The molecule has 0 aromatic carbocycles. The number of nitrogens with zero attached hydrogens (tertiary/aromatic N) is 2. The number of nitrogens with one attached hydrogen (secondary N) is 1. The number of Topliss-reactive ketones (excluding diaryl/α,β-unsaturated/α-hetero) is 1. The highest BCUT2D eigenvalue weighted by atomic mass is 16.3. The molecule has 1 aliphatic rings. The van der Waals surface area contributed by atoms with Crippen molar-refractivity contribution < 1.29 is 14.0 Å². The predicted octanol–water partition coefficient (Wildman–Crippen LogP) is 3.75. The number of likely N-dealkylation sites (tertiary alicyclic amines) is 1. The Morgan fingerprint density at radius 3 is 2.85 bits per heavy atom. The Morgan fingerprint density at radius 1 is 1.33 bits per heavy atom. The largest absolute Gasteiger partial charge is 0.472 e. The summed E-state index contributed by atoms with van der Waals surface area (Å²) in [4.78, 5) is 31.3. The van der Waals surface area contributed by atoms with Crippen molar-refractivity contribution >= 4 is 17.5 Å². The van der Waals surface area contributed by atoms with E-state index < -0.39 is 0 Å². The molecule has 0 aliphatic carbocycles. The summed E-state index contributed by atoms with van der Waals surface area (Å²) in [5.41, 5.74) is 1.59. The first-order valence-corrected chi connectivity index (χ1v) is 9.56. The summed E-state index contributed by atoms with van der Waals surface area (Å²) in [6.07, 6.45) is 7.25. The number of amides is 1. The van der Waals surface area contributed by atoms with Crippen LogP contribution in [0.1, 0.15) is 49.0 Å². The van der Waals surface area contributed by atoms with Crippen LogP contribution in [0.3, 0.4) is 0 Å². The number of ketones is 1. The number of aromatic nitrogens is 1. The van der Waals surface area contributed by atoms with Crippen LogP contribution in [0.5, 0.6) is 0 Å². The van der Waals surface area contributed by atoms with Crippen LogP contribution in [-0.2, 0) is 11.3 Å². The first kappa shape index (κ1) is 19.1. The highest BCUT2D eigenvalue weighted by Crippen LogP contribution is 2.22. The molecule has 27 heavy (non-hydrogen) atoms. The molecule has 1 saturated heterocycles. The van der Waals surface area contributed by atoms with Gasteiger partial charge in [0, 0.05) is 43.7 Å². The van der Waals surface area contributed by atoms with E-state index in [4.69, 9.17) is 4.42 Å². The lowest BCUT2D eigenvalue weighted by Gasteiger charge is -2.32. The molecule has 1 N–H and O–H groups in total. The van der Waals surface area contributed by atoms with Crippen LogP contribution in [0.4, 0.5) is 5.82 Å². The molecule has 0 saturated carbocycles. The third-order valence-corrected chi connectivity index (χ3v) is 4.84. The highest BCUT2D eigenvalue weighted by molar-refractivity contribution is 5.94. The van der Waals surface area contributed by atoms with Gasteiger partial charge in [-0.3, -0.25) is 9.59 Å². The van der Waals surface area contributed by atoms with E-state index in [0.717, 1.165) is 18.4 Å². The molecule has 6 heteroatoms. The van der Waals surface area contributed by atoms with Gasteiger partial charge in [-0.25, -0.2) is 4.98 Å². The number of carbonyl (C=O) groups is 2. The van der Waals surface area contributed by atoms with Crippen molar-refractivity contribution in [2.75, 3.05) is 18.4 Å². The molecule has 0 bridgehead atoms. The van der Waals surface area contributed by atoms with Gasteiger partial charge in [-0.15, -0.1) is 0 Å². The van der Waals surface area contributed by atoms with E-state index in [1.54, 1.807) is 35.8 Å². The summed E-state index contributed by atoms with van der Waals surface area (Å²) in [5, 5.41) is 3.19. The molecule has 6 nitrogen and oxygen atoms in total. The molecule has 0 unspecified atom stereocenters. The average molecular weight is 369 g/mol. The minimum Gasteiger partial charge on any atom is -0.472 e. The first-order chi connectivity index (χ1) is 13.0. The van der Waals surface area contributed by atoms with Crippen LogP contribution in [0, 0.1) is 11.8 Å². The van der Waals surface area contributed by atoms with Gasteiger partial charge in [-0.1, -0.05) is 13.8 Å². The average Bonchev–Trinajstić information content (AvgIpc) is 3.19. The van der Waals surface area contributed by atoms with E-state index in [0.29, 0.717) is 43.4 Å². The van der Waals surface area contributed by atoms with Crippen LogP contribution in [0.15, 0.2) is 41.3 Å². The fourth-order valence-corrected chi connectivity index (χ4v) is 3.39. The molecule has 144 valence electrons. The quantitative estimate of drug-likeness (QED) is 0.804. The zero-order valence-corrected chi connectivity index (χ0v) is 16.0. The second kappa shape index (κ2) is 8.84. The van der Waals surface area contributed by atoms with Gasteiger partial charge in [0.25, 0.3) is 5.91 Å². The Kier molecular flexibility index (Phi) is 6.27. The number of piperidine rings is 1. The molecule has 0 radical (unpaired) electrons. The Labute approximate surface area is 160 Å². The number of carbonyl (C=O) groups excluding carboxylic acids is 2. The molecule has 3 heterocycles. The maximum Gasteiger partial charge on any atom is 0.255 e. The predicted molar refractivity (Wildman–Crippen MR) is 103 cm³/mol. The van der Waals surface area contributed by atoms with Crippen molar-refractivity contribution in [3.8, 4) is 0 Å². The Hall–Kier alpha value is -2.63. The number of furan rings is 1. The maximum absolute atomic E-state index is 12.8. The standard InChI is InChI=1S/C21H27N3O3/c1-15(2)10-19(25)18-4-3-8-24(13-18)21(26)17-5-6-20(23-12-17)22-11-16-7-9-27-14-16/h5-7,9,12,14-15,18H,3-4,8,10-11,13H2,1-2H3,(H,22,23)/t18-/m0/s1. The minimum absolute atomic E-state index is 0.0334. The zero-order chi connectivity index (χ0) is 19.2. The van der Waals surface area contributed by atoms with Gasteiger partial charge < -0.3 is 14.6 Å². The van der Waals surface area contributed by atoms with E-state index in [2.05, 4.69) is 24.1 Å². The van der Waals surface area contributed by atoms with E-state index >= 15 is 0 Å². The summed E-state index contributed by atoms with van der Waals surface area (Å²) in [5.74, 6) is 1.26. The monoisotopic (exact) mass is 369 g/mol. The number of rotatable bonds is 7. The molecule has 2 aromatic heterocycles. The van der Waals surface area contributed by atoms with Crippen molar-refractivity contribution in [2.24, 2.45) is 11.8 Å². The topological polar surface area (TPSA) is 75.4 Å². The van der Waals surface area contributed by atoms with Gasteiger partial charge in [-0.2, -0.15) is 0 Å². The van der Waals surface area contributed by atoms with Gasteiger partial charge >= 0.3 is 0 Å². The fraction of sp³-hybridized carbons (Fsp3) is 0.476. The molecule has 1 fully saturated rings. The summed E-state index contributed by atoms with van der Waals surface area (Å²) < 4.78 is 5.03. The van der Waals surface area contributed by atoms with E-state index in [1.165, 1.54) is 0 Å². The second-order valence-corrected chi connectivity index (χ2v) is 7.57. The second-order valence-electron chi connectivity index (χ2n) is 7.57. The first-order valence-electron chi connectivity index (χ1n) is 9.56. The molecule has 1 aliphatic heterocycles. The molecule has 3 rings (SSSR count). The van der Waals surface area contributed by atoms with Crippen molar-refractivity contribution in [1.82, 2.24) is 9.88 Å². The normalized spacial score (nSPS) is 17.1. The van der Waals surface area contributed by atoms with Gasteiger partial charge in [0.1, 0.15) is 11.6 Å². The lowest BCUT2D eigenvalue weighted by Crippen LogP contribution is -2.42. The molecular formula is C21H27N3O3. The zero-order valence-electron chi connectivity index (χ0n) is 16.0. The third kappa shape index (κ3) is 5.18. The van der Waals surface area contributed by atoms with Crippen LogP contribution in [0.25, 0.3) is 0 Å². The molecule has 1 atom stereocenters. The van der Waals surface area contributed by atoms with Gasteiger partial charge in [-0.05, 0) is 37.0 Å². The number of hydrogen-bond donors (Lipinski definition) is 1. The summed E-state index contributed by atoms with van der Waals surface area (Å²) in [6.45, 7) is 5.94. The summed E-state index contributed by atoms with van der Waals surface area (Å²) in [7, 11) is 0. The van der Waals surface area contributed by atoms with Crippen molar-refractivity contribution in [3.05, 3.63) is 48.0 Å².